The average molecular weight is 280 g/mol. The lowest BCUT2D eigenvalue weighted by molar-refractivity contribution is 0.546. The predicted molar refractivity (Wildman–Crippen MR) is 82.6 cm³/mol. The van der Waals surface area contributed by atoms with Crippen molar-refractivity contribution in [3.8, 4) is 0 Å². The van der Waals surface area contributed by atoms with Gasteiger partial charge in [-0.15, -0.1) is 0 Å². The maximum Gasteiger partial charge on any atom is 0.191 e. The van der Waals surface area contributed by atoms with Crippen LogP contribution in [0.2, 0.25) is 0 Å². The molecule has 114 valence electrons. The molecular weight excluding hydrogens is 252 g/mol. The highest BCUT2D eigenvalue weighted by molar-refractivity contribution is 5.79. The van der Waals surface area contributed by atoms with Crippen molar-refractivity contribution in [3.63, 3.8) is 0 Å². The molecule has 0 amide bonds. The third kappa shape index (κ3) is 6.04. The highest BCUT2D eigenvalue weighted by atomic mass is 15.3. The van der Waals surface area contributed by atoms with E-state index in [1.54, 1.807) is 11.0 Å². The maximum absolute atomic E-state index is 4.56. The van der Waals surface area contributed by atoms with Crippen LogP contribution < -0.4 is 10.6 Å². The summed E-state index contributed by atoms with van der Waals surface area (Å²) in [5.74, 6) is 1.71. The van der Waals surface area contributed by atoms with E-state index >= 15 is 0 Å². The van der Waals surface area contributed by atoms with E-state index in [1.165, 1.54) is 25.7 Å². The molecule has 1 rings (SSSR count). The van der Waals surface area contributed by atoms with Crippen LogP contribution >= 0.6 is 0 Å². The van der Waals surface area contributed by atoms with Crippen LogP contribution in [-0.2, 0) is 13.6 Å². The van der Waals surface area contributed by atoms with Gasteiger partial charge in [-0.25, -0.2) is 9.98 Å². The van der Waals surface area contributed by atoms with Crippen LogP contribution in [0.25, 0.3) is 0 Å². The molecule has 0 aromatic carbocycles. The van der Waals surface area contributed by atoms with Crippen LogP contribution in [0, 0.1) is 0 Å². The van der Waals surface area contributed by atoms with Crippen molar-refractivity contribution in [2.45, 2.75) is 59.0 Å². The number of guanidine groups is 1. The predicted octanol–water partition coefficient (Wildman–Crippen LogP) is 1.84. The fourth-order valence-electron chi connectivity index (χ4n) is 1.94. The molecule has 6 heteroatoms. The van der Waals surface area contributed by atoms with Gasteiger partial charge in [-0.1, -0.05) is 26.2 Å². The summed E-state index contributed by atoms with van der Waals surface area (Å²) < 4.78 is 1.75. The van der Waals surface area contributed by atoms with Crippen molar-refractivity contribution in [1.82, 2.24) is 25.4 Å². The highest BCUT2D eigenvalue weighted by Gasteiger charge is 2.05. The molecule has 0 aliphatic rings. The zero-order valence-corrected chi connectivity index (χ0v) is 13.2. The number of nitrogens with one attached hydrogen (secondary N) is 2. The second kappa shape index (κ2) is 9.34. The maximum atomic E-state index is 4.56. The van der Waals surface area contributed by atoms with E-state index in [0.717, 1.165) is 18.3 Å². The summed E-state index contributed by atoms with van der Waals surface area (Å²) >= 11 is 0. The number of nitrogens with zero attached hydrogens (tertiary/aromatic N) is 4. The summed E-state index contributed by atoms with van der Waals surface area (Å²) in [5.41, 5.74) is 0. The van der Waals surface area contributed by atoms with Crippen LogP contribution in [-0.4, -0.2) is 33.3 Å². The molecule has 2 N–H and O–H groups in total. The molecule has 1 unspecified atom stereocenters. The monoisotopic (exact) mass is 280 g/mol. The van der Waals surface area contributed by atoms with E-state index in [-0.39, 0.29) is 0 Å². The van der Waals surface area contributed by atoms with Gasteiger partial charge in [0.15, 0.2) is 5.96 Å². The first-order valence-electron chi connectivity index (χ1n) is 7.55. The lowest BCUT2D eigenvalue weighted by Crippen LogP contribution is -2.42. The Balaban J connectivity index is 2.48. The van der Waals surface area contributed by atoms with E-state index in [2.05, 4.69) is 46.5 Å². The molecule has 1 atom stereocenters. The molecule has 0 saturated carbocycles. The third-order valence-electron chi connectivity index (χ3n) is 3.15. The summed E-state index contributed by atoms with van der Waals surface area (Å²) in [4.78, 5) is 8.73. The van der Waals surface area contributed by atoms with Gasteiger partial charge in [0, 0.05) is 19.6 Å². The number of unbranched alkanes of at least 4 members (excludes halogenated alkanes) is 2. The normalized spacial score (nSPS) is 13.3. The fraction of sp³-hybridized carbons (Fsp3) is 0.786. The lowest BCUT2D eigenvalue weighted by atomic mass is 10.1. The number of hydrogen-bond acceptors (Lipinski definition) is 3. The minimum absolute atomic E-state index is 0.429. The Bertz CT molecular complexity index is 398. The Labute approximate surface area is 122 Å². The van der Waals surface area contributed by atoms with E-state index < -0.39 is 0 Å². The first-order chi connectivity index (χ1) is 9.67. The molecule has 1 aromatic rings. The molecule has 20 heavy (non-hydrogen) atoms. The summed E-state index contributed by atoms with van der Waals surface area (Å²) in [6, 6.07) is 0.429. The van der Waals surface area contributed by atoms with Crippen molar-refractivity contribution < 1.29 is 0 Å². The minimum atomic E-state index is 0.429. The molecule has 0 aliphatic heterocycles. The summed E-state index contributed by atoms with van der Waals surface area (Å²) in [5, 5.41) is 10.8. The van der Waals surface area contributed by atoms with E-state index in [4.69, 9.17) is 0 Å². The number of aromatic nitrogens is 3. The fourth-order valence-corrected chi connectivity index (χ4v) is 1.94. The van der Waals surface area contributed by atoms with Gasteiger partial charge < -0.3 is 10.6 Å². The molecule has 0 radical (unpaired) electrons. The Morgan fingerprint density at radius 3 is 2.80 bits per heavy atom. The van der Waals surface area contributed by atoms with Gasteiger partial charge in [0.25, 0.3) is 0 Å². The van der Waals surface area contributed by atoms with Crippen LogP contribution in [0.3, 0.4) is 0 Å². The van der Waals surface area contributed by atoms with Crippen molar-refractivity contribution in [2.75, 3.05) is 6.54 Å². The number of aliphatic imine (C=N–C) groups is 1. The highest BCUT2D eigenvalue weighted by Crippen LogP contribution is 2.02. The molecule has 1 heterocycles. The van der Waals surface area contributed by atoms with Gasteiger partial charge in [0.05, 0.1) is 0 Å². The van der Waals surface area contributed by atoms with Crippen molar-refractivity contribution in [1.29, 1.82) is 0 Å². The smallest absolute Gasteiger partial charge is 0.191 e. The zero-order valence-electron chi connectivity index (χ0n) is 13.2. The second-order valence-corrected chi connectivity index (χ2v) is 5.04. The molecule has 1 aromatic heterocycles. The standard InChI is InChI=1S/C14H28N6/c1-5-7-8-9-12(3)19-14(15-6-2)16-10-13-17-11-18-20(13)4/h11-12H,5-10H2,1-4H3,(H2,15,16,19). The molecule has 0 aliphatic carbocycles. The van der Waals surface area contributed by atoms with Crippen molar-refractivity contribution in [3.05, 3.63) is 12.2 Å². The largest absolute Gasteiger partial charge is 0.357 e. The Morgan fingerprint density at radius 2 is 2.20 bits per heavy atom. The van der Waals surface area contributed by atoms with Gasteiger partial charge in [-0.2, -0.15) is 5.10 Å². The van der Waals surface area contributed by atoms with Gasteiger partial charge in [0.1, 0.15) is 18.7 Å². The Hall–Kier alpha value is -1.59. The molecule has 0 saturated heterocycles. The Morgan fingerprint density at radius 1 is 1.40 bits per heavy atom. The van der Waals surface area contributed by atoms with E-state index in [9.17, 15) is 0 Å². The molecule has 0 bridgehead atoms. The summed E-state index contributed by atoms with van der Waals surface area (Å²) in [7, 11) is 1.88. The van der Waals surface area contributed by atoms with Gasteiger partial charge in [-0.05, 0) is 20.3 Å². The van der Waals surface area contributed by atoms with Crippen molar-refractivity contribution in [2.24, 2.45) is 12.0 Å². The number of rotatable bonds is 8. The van der Waals surface area contributed by atoms with Gasteiger partial charge >= 0.3 is 0 Å². The molecule has 0 spiro atoms. The first kappa shape index (κ1) is 16.5. The van der Waals surface area contributed by atoms with E-state index in [1.807, 2.05) is 7.05 Å². The molecule has 6 nitrogen and oxygen atoms in total. The molecular formula is C14H28N6. The van der Waals surface area contributed by atoms with Gasteiger partial charge in [0.2, 0.25) is 0 Å². The molecule has 0 fully saturated rings. The topological polar surface area (TPSA) is 67.1 Å². The van der Waals surface area contributed by atoms with Crippen LogP contribution in [0.1, 0.15) is 52.3 Å². The minimum Gasteiger partial charge on any atom is -0.357 e. The third-order valence-corrected chi connectivity index (χ3v) is 3.15. The quantitative estimate of drug-likeness (QED) is 0.433. The second-order valence-electron chi connectivity index (χ2n) is 5.04. The number of hydrogen-bond donors (Lipinski definition) is 2. The van der Waals surface area contributed by atoms with E-state index in [0.29, 0.717) is 12.6 Å². The first-order valence-corrected chi connectivity index (χ1v) is 7.55. The van der Waals surface area contributed by atoms with Crippen molar-refractivity contribution >= 4 is 5.96 Å². The number of aryl methyl sites for hydroxylation is 1. The average Bonchev–Trinajstić information content (AvgIpc) is 2.82. The van der Waals surface area contributed by atoms with Crippen LogP contribution in [0.5, 0.6) is 0 Å². The summed E-state index contributed by atoms with van der Waals surface area (Å²) in [6.45, 7) is 7.89. The van der Waals surface area contributed by atoms with Crippen LogP contribution in [0.15, 0.2) is 11.3 Å². The SMILES string of the molecule is CCCCCC(C)NC(=NCc1ncnn1C)NCC. The zero-order chi connectivity index (χ0) is 14.8. The lowest BCUT2D eigenvalue weighted by Gasteiger charge is -2.17. The Kier molecular flexibility index (Phi) is 7.69. The summed E-state index contributed by atoms with van der Waals surface area (Å²) in [6.07, 6.45) is 6.53. The van der Waals surface area contributed by atoms with Gasteiger partial charge in [-0.3, -0.25) is 4.68 Å². The van der Waals surface area contributed by atoms with Crippen LogP contribution in [0.4, 0.5) is 0 Å².